The summed E-state index contributed by atoms with van der Waals surface area (Å²) in [6, 6.07) is 6.30. The van der Waals surface area contributed by atoms with Crippen LogP contribution in [0.4, 0.5) is 5.69 Å². The molecule has 0 aliphatic carbocycles. The van der Waals surface area contributed by atoms with Gasteiger partial charge in [0.1, 0.15) is 5.75 Å². The van der Waals surface area contributed by atoms with Crippen LogP contribution in [0, 0.1) is 0 Å². The molecule has 5 nitrogen and oxygen atoms in total. The smallest absolute Gasteiger partial charge is 0.349 e. The normalized spacial score (nSPS) is 9.47. The molecule has 2 N–H and O–H groups in total. The fourth-order valence-corrected chi connectivity index (χ4v) is 0.944. The largest absolute Gasteiger partial charge is 0.450 e. The van der Waals surface area contributed by atoms with Gasteiger partial charge in [-0.3, -0.25) is 0 Å². The summed E-state index contributed by atoms with van der Waals surface area (Å²) < 4.78 is 9.52. The van der Waals surface area contributed by atoms with E-state index in [1.165, 1.54) is 6.92 Å². The second kappa shape index (κ2) is 5.69. The van der Waals surface area contributed by atoms with Crippen molar-refractivity contribution in [2.75, 3.05) is 12.3 Å². The lowest BCUT2D eigenvalue weighted by molar-refractivity contribution is -0.150. The molecule has 17 heavy (non-hydrogen) atoms. The average Bonchev–Trinajstić information content (AvgIpc) is 2.29. The molecule has 1 aromatic carbocycles. The highest BCUT2D eigenvalue weighted by atomic mass is 16.6. The van der Waals surface area contributed by atoms with Gasteiger partial charge < -0.3 is 15.2 Å². The molecule has 1 rings (SSSR count). The summed E-state index contributed by atoms with van der Waals surface area (Å²) in [6.07, 6.45) is 0. The predicted molar refractivity (Wildman–Crippen MR) is 62.3 cm³/mol. The Bertz CT molecular complexity index is 436. The Morgan fingerprint density at radius 1 is 1.29 bits per heavy atom. The van der Waals surface area contributed by atoms with Crippen LogP contribution < -0.4 is 10.5 Å². The highest BCUT2D eigenvalue weighted by Crippen LogP contribution is 2.13. The van der Waals surface area contributed by atoms with E-state index < -0.39 is 18.5 Å². The van der Waals surface area contributed by atoms with Crippen LogP contribution in [-0.4, -0.2) is 18.5 Å². The molecule has 90 valence electrons. The van der Waals surface area contributed by atoms with E-state index in [0.29, 0.717) is 11.4 Å². The Kier molecular flexibility index (Phi) is 4.28. The molecule has 0 amide bonds. The Hall–Kier alpha value is -2.30. The average molecular weight is 235 g/mol. The zero-order chi connectivity index (χ0) is 12.8. The first-order valence-corrected chi connectivity index (χ1v) is 4.88. The lowest BCUT2D eigenvalue weighted by atomic mass is 10.3. The third-order valence-corrected chi connectivity index (χ3v) is 1.78. The second-order valence-corrected chi connectivity index (χ2v) is 3.40. The fourth-order valence-electron chi connectivity index (χ4n) is 0.944. The second-order valence-electron chi connectivity index (χ2n) is 3.40. The number of hydrogen-bond donors (Lipinski definition) is 1. The summed E-state index contributed by atoms with van der Waals surface area (Å²) in [5.41, 5.74) is 6.26. The number of ether oxygens (including phenoxy) is 2. The van der Waals surface area contributed by atoms with Crippen LogP contribution in [0.5, 0.6) is 5.75 Å². The Balaban J connectivity index is 2.42. The molecule has 0 radical (unpaired) electrons. The zero-order valence-corrected chi connectivity index (χ0v) is 9.43. The van der Waals surface area contributed by atoms with Crippen molar-refractivity contribution in [3.63, 3.8) is 0 Å². The van der Waals surface area contributed by atoms with E-state index >= 15 is 0 Å². The topological polar surface area (TPSA) is 78.6 Å². The number of anilines is 1. The minimum absolute atomic E-state index is 0.227. The quantitative estimate of drug-likeness (QED) is 0.368. The number of hydrogen-bond acceptors (Lipinski definition) is 5. The van der Waals surface area contributed by atoms with Crippen molar-refractivity contribution < 1.29 is 19.1 Å². The number of nitrogen functional groups attached to an aromatic ring is 1. The summed E-state index contributed by atoms with van der Waals surface area (Å²) in [5.74, 6) is -0.945. The molecule has 0 heterocycles. The van der Waals surface area contributed by atoms with Gasteiger partial charge in [0.15, 0.2) is 6.61 Å². The molecule has 0 spiro atoms. The van der Waals surface area contributed by atoms with Gasteiger partial charge in [0.2, 0.25) is 0 Å². The third-order valence-electron chi connectivity index (χ3n) is 1.78. The van der Waals surface area contributed by atoms with Gasteiger partial charge in [-0.2, -0.15) is 0 Å². The third kappa shape index (κ3) is 4.38. The first-order valence-electron chi connectivity index (χ1n) is 4.88. The van der Waals surface area contributed by atoms with Crippen LogP contribution >= 0.6 is 0 Å². The van der Waals surface area contributed by atoms with Gasteiger partial charge in [0.25, 0.3) is 0 Å². The number of carbonyl (C=O) groups excluding carboxylic acids is 2. The van der Waals surface area contributed by atoms with Gasteiger partial charge >= 0.3 is 11.9 Å². The first kappa shape index (κ1) is 12.8. The molecule has 1 aromatic rings. The molecular weight excluding hydrogens is 222 g/mol. The molecule has 0 bridgehead atoms. The number of rotatable bonds is 4. The van der Waals surface area contributed by atoms with Crippen LogP contribution in [0.25, 0.3) is 0 Å². The maximum Gasteiger partial charge on any atom is 0.349 e. The summed E-state index contributed by atoms with van der Waals surface area (Å²) >= 11 is 0. The molecule has 0 aromatic heterocycles. The van der Waals surface area contributed by atoms with Crippen LogP contribution in [0.1, 0.15) is 6.92 Å². The molecule has 0 aliphatic heterocycles. The van der Waals surface area contributed by atoms with E-state index in [1.807, 2.05) is 0 Å². The number of benzene rings is 1. The highest BCUT2D eigenvalue weighted by Gasteiger charge is 2.09. The standard InChI is InChI=1S/C12H13NO4/c1-8(2)12(15)16-7-11(14)17-10-5-3-9(13)4-6-10/h3-6H,1,7,13H2,2H3. The van der Waals surface area contributed by atoms with Crippen molar-refractivity contribution in [1.82, 2.24) is 0 Å². The minimum Gasteiger partial charge on any atom is -0.450 e. The van der Waals surface area contributed by atoms with Crippen molar-refractivity contribution in [2.24, 2.45) is 0 Å². The maximum atomic E-state index is 11.3. The van der Waals surface area contributed by atoms with Gasteiger partial charge in [-0.05, 0) is 31.2 Å². The van der Waals surface area contributed by atoms with Gasteiger partial charge in [-0.25, -0.2) is 9.59 Å². The molecule has 0 saturated heterocycles. The molecule has 0 unspecified atom stereocenters. The van der Waals surface area contributed by atoms with E-state index in [2.05, 4.69) is 11.3 Å². The van der Waals surface area contributed by atoms with Crippen LogP contribution in [0.2, 0.25) is 0 Å². The van der Waals surface area contributed by atoms with E-state index in [9.17, 15) is 9.59 Å². The van der Waals surface area contributed by atoms with Gasteiger partial charge in [0.05, 0.1) is 0 Å². The lowest BCUT2D eigenvalue weighted by Crippen LogP contribution is -2.18. The van der Waals surface area contributed by atoms with Crippen LogP contribution in [-0.2, 0) is 14.3 Å². The van der Waals surface area contributed by atoms with E-state index in [-0.39, 0.29) is 5.57 Å². The Morgan fingerprint density at radius 3 is 2.41 bits per heavy atom. The van der Waals surface area contributed by atoms with Crippen LogP contribution in [0.3, 0.4) is 0 Å². The van der Waals surface area contributed by atoms with Gasteiger partial charge in [-0.1, -0.05) is 6.58 Å². The van der Waals surface area contributed by atoms with Gasteiger partial charge in [-0.15, -0.1) is 0 Å². The van der Waals surface area contributed by atoms with Crippen molar-refractivity contribution in [1.29, 1.82) is 0 Å². The summed E-state index contributed by atoms with van der Waals surface area (Å²) in [7, 11) is 0. The Labute approximate surface area is 98.8 Å². The predicted octanol–water partition coefficient (Wildman–Crippen LogP) is 1.29. The van der Waals surface area contributed by atoms with Crippen molar-refractivity contribution >= 4 is 17.6 Å². The molecule has 0 aliphatic rings. The Morgan fingerprint density at radius 2 is 1.88 bits per heavy atom. The number of nitrogens with two attached hydrogens (primary N) is 1. The zero-order valence-electron chi connectivity index (χ0n) is 9.43. The molecule has 5 heteroatoms. The maximum absolute atomic E-state index is 11.3. The monoisotopic (exact) mass is 235 g/mol. The van der Waals surface area contributed by atoms with Crippen molar-refractivity contribution in [3.05, 3.63) is 36.4 Å². The molecule has 0 fully saturated rings. The summed E-state index contributed by atoms with van der Waals surface area (Å²) in [4.78, 5) is 22.3. The molecule has 0 atom stereocenters. The van der Waals surface area contributed by atoms with E-state index in [1.54, 1.807) is 24.3 Å². The first-order chi connectivity index (χ1) is 7.99. The van der Waals surface area contributed by atoms with Crippen molar-refractivity contribution in [3.8, 4) is 5.75 Å². The van der Waals surface area contributed by atoms with Crippen molar-refractivity contribution in [2.45, 2.75) is 6.92 Å². The number of carbonyl (C=O) groups is 2. The van der Waals surface area contributed by atoms with Gasteiger partial charge in [0, 0.05) is 11.3 Å². The highest BCUT2D eigenvalue weighted by molar-refractivity contribution is 5.88. The lowest BCUT2D eigenvalue weighted by Gasteiger charge is -2.05. The summed E-state index contributed by atoms with van der Waals surface area (Å²) in [6.45, 7) is 4.43. The SMILES string of the molecule is C=C(C)C(=O)OCC(=O)Oc1ccc(N)cc1. The molecular formula is C12H13NO4. The van der Waals surface area contributed by atoms with E-state index in [0.717, 1.165) is 0 Å². The molecule has 0 saturated carbocycles. The van der Waals surface area contributed by atoms with Crippen LogP contribution in [0.15, 0.2) is 36.4 Å². The minimum atomic E-state index is -0.663. The fraction of sp³-hybridized carbons (Fsp3) is 0.167. The van der Waals surface area contributed by atoms with E-state index in [4.69, 9.17) is 10.5 Å². The summed E-state index contributed by atoms with van der Waals surface area (Å²) in [5, 5.41) is 0. The number of esters is 2.